The van der Waals surface area contributed by atoms with Crippen LogP contribution in [0.4, 0.5) is 5.69 Å². The van der Waals surface area contributed by atoms with E-state index in [0.29, 0.717) is 9.37 Å². The maximum Gasteiger partial charge on any atom is 0.272 e. The summed E-state index contributed by atoms with van der Waals surface area (Å²) in [5, 5.41) is 8.99. The third-order valence-corrected chi connectivity index (χ3v) is 9.55. The highest BCUT2D eigenvalue weighted by atomic mass is 79.9. The van der Waals surface area contributed by atoms with E-state index >= 15 is 0 Å². The number of hydrogen-bond donors (Lipinski definition) is 3. The normalized spacial score (nSPS) is 15.6. The van der Waals surface area contributed by atoms with Crippen LogP contribution < -0.4 is 19.5 Å². The largest absolute Gasteiger partial charge is 0.394 e. The van der Waals surface area contributed by atoms with E-state index in [-0.39, 0.29) is 20.8 Å². The van der Waals surface area contributed by atoms with Gasteiger partial charge in [0.15, 0.2) is 0 Å². The van der Waals surface area contributed by atoms with Crippen LogP contribution in [0.1, 0.15) is 13.8 Å². The molecule has 1 fully saturated rings. The first kappa shape index (κ1) is 27.2. The number of sulfonamides is 2. The van der Waals surface area contributed by atoms with E-state index in [4.69, 9.17) is 10.0 Å². The minimum Gasteiger partial charge on any atom is -0.394 e. The van der Waals surface area contributed by atoms with E-state index in [1.165, 1.54) is 40.9 Å². The number of rotatable bonds is 9. The number of nitrogens with zero attached hydrogens (tertiary/aromatic N) is 2. The van der Waals surface area contributed by atoms with E-state index < -0.39 is 20.0 Å². The zero-order valence-electron chi connectivity index (χ0n) is 18.9. The van der Waals surface area contributed by atoms with Crippen molar-refractivity contribution < 1.29 is 26.9 Å². The predicted octanol–water partition coefficient (Wildman–Crippen LogP) is 2.64. The fourth-order valence-electron chi connectivity index (χ4n) is 3.29. The standard InChI is InChI=1S/C20H27BrN4O6S3/c1-14(2)32-18-13-16(5-7-20(18)33(27,28)22-26)31-23-34(29,30)19-6-4-15(12-17(19)21)25-10-8-24(3)9-11-25/h4-7,12-14,22-23,26H,8-11H2,1-3H3. The predicted molar refractivity (Wildman–Crippen MR) is 134 cm³/mol. The van der Waals surface area contributed by atoms with Gasteiger partial charge in [-0.1, -0.05) is 18.7 Å². The van der Waals surface area contributed by atoms with Gasteiger partial charge in [0.2, 0.25) is 0 Å². The van der Waals surface area contributed by atoms with Gasteiger partial charge in [0.1, 0.15) is 5.75 Å². The molecule has 2 aromatic carbocycles. The molecule has 0 aromatic heterocycles. The second-order valence-electron chi connectivity index (χ2n) is 7.96. The number of anilines is 1. The molecule has 1 aliphatic heterocycles. The molecule has 0 spiro atoms. The van der Waals surface area contributed by atoms with E-state index in [2.05, 4.69) is 37.7 Å². The number of piperazine rings is 1. The number of likely N-dealkylation sites (N-methyl/N-ethyl adjacent to an activating group) is 1. The minimum absolute atomic E-state index is 0.00540. The number of hydrogen-bond acceptors (Lipinski definition) is 9. The molecule has 0 amide bonds. The van der Waals surface area contributed by atoms with Crippen LogP contribution >= 0.6 is 27.7 Å². The van der Waals surface area contributed by atoms with Gasteiger partial charge in [-0.2, -0.15) is 0 Å². The monoisotopic (exact) mass is 594 g/mol. The Morgan fingerprint density at radius 2 is 1.65 bits per heavy atom. The summed E-state index contributed by atoms with van der Waals surface area (Å²) >= 11 is 4.58. The molecular weight excluding hydrogens is 568 g/mol. The average molecular weight is 596 g/mol. The molecule has 1 aliphatic rings. The van der Waals surface area contributed by atoms with Gasteiger partial charge in [-0.25, -0.2) is 16.8 Å². The van der Waals surface area contributed by atoms with Gasteiger partial charge in [0.25, 0.3) is 20.0 Å². The summed E-state index contributed by atoms with van der Waals surface area (Å²) in [5.74, 6) is 0.0915. The molecule has 1 saturated heterocycles. The van der Waals surface area contributed by atoms with Crippen LogP contribution in [0.25, 0.3) is 0 Å². The van der Waals surface area contributed by atoms with Crippen molar-refractivity contribution in [3.8, 4) is 5.75 Å². The Bertz CT molecular complexity index is 1230. The quantitative estimate of drug-likeness (QED) is 0.296. The summed E-state index contributed by atoms with van der Waals surface area (Å²) in [6.45, 7) is 7.30. The summed E-state index contributed by atoms with van der Waals surface area (Å²) in [7, 11) is -6.11. The van der Waals surface area contributed by atoms with Crippen molar-refractivity contribution in [1.82, 2.24) is 14.7 Å². The fourth-order valence-corrected chi connectivity index (χ4v) is 7.17. The maximum atomic E-state index is 12.9. The lowest BCUT2D eigenvalue weighted by molar-refractivity contribution is 0.242. The van der Waals surface area contributed by atoms with Gasteiger partial charge in [0.05, 0.1) is 9.79 Å². The molecule has 1 heterocycles. The number of benzene rings is 2. The molecule has 188 valence electrons. The SMILES string of the molecule is CC(C)Sc1cc(ONS(=O)(=O)c2ccc(N3CCN(C)CC3)cc2Br)ccc1S(=O)(=O)NO. The lowest BCUT2D eigenvalue weighted by atomic mass is 10.2. The molecule has 2 aromatic rings. The Morgan fingerprint density at radius 1 is 1.00 bits per heavy atom. The van der Waals surface area contributed by atoms with Crippen LogP contribution in [0.5, 0.6) is 5.75 Å². The maximum absolute atomic E-state index is 12.9. The molecule has 0 aliphatic carbocycles. The third kappa shape index (κ3) is 6.63. The molecule has 14 heteroatoms. The summed E-state index contributed by atoms with van der Waals surface area (Å²) in [4.78, 5) is 13.3. The van der Waals surface area contributed by atoms with E-state index in [9.17, 15) is 16.8 Å². The molecule has 0 radical (unpaired) electrons. The number of thioether (sulfide) groups is 1. The summed E-state index contributed by atoms with van der Waals surface area (Å²) in [6, 6.07) is 8.94. The Hall–Kier alpha value is -1.39. The molecule has 34 heavy (non-hydrogen) atoms. The summed E-state index contributed by atoms with van der Waals surface area (Å²) < 4.78 is 50.3. The minimum atomic E-state index is -4.12. The second kappa shape index (κ2) is 11.1. The first-order valence-electron chi connectivity index (χ1n) is 10.3. The fraction of sp³-hybridized carbons (Fsp3) is 0.400. The van der Waals surface area contributed by atoms with E-state index in [1.54, 1.807) is 12.1 Å². The molecule has 10 nitrogen and oxygen atoms in total. The van der Waals surface area contributed by atoms with Crippen molar-refractivity contribution in [2.75, 3.05) is 38.1 Å². The van der Waals surface area contributed by atoms with Gasteiger partial charge in [-0.05, 0) is 64.3 Å². The third-order valence-electron chi connectivity index (χ3n) is 5.03. The lowest BCUT2D eigenvalue weighted by Crippen LogP contribution is -2.44. The Balaban J connectivity index is 1.78. The highest BCUT2D eigenvalue weighted by Crippen LogP contribution is 2.33. The van der Waals surface area contributed by atoms with Crippen molar-refractivity contribution in [2.45, 2.75) is 33.8 Å². The molecule has 0 unspecified atom stereocenters. The highest BCUT2D eigenvalue weighted by Gasteiger charge is 2.23. The van der Waals surface area contributed by atoms with Crippen molar-refractivity contribution in [3.63, 3.8) is 0 Å². The molecular formula is C20H27BrN4O6S3. The van der Waals surface area contributed by atoms with Crippen LogP contribution in [-0.4, -0.2) is 65.4 Å². The van der Waals surface area contributed by atoms with Crippen molar-refractivity contribution >= 4 is 53.4 Å². The summed E-state index contributed by atoms with van der Waals surface area (Å²) in [6.07, 6.45) is 0. The molecule has 0 atom stereocenters. The Kier molecular flexibility index (Phi) is 8.90. The van der Waals surface area contributed by atoms with Crippen molar-refractivity contribution in [2.24, 2.45) is 0 Å². The number of halogens is 1. The first-order chi connectivity index (χ1) is 15.9. The molecule has 0 bridgehead atoms. The van der Waals surface area contributed by atoms with Gasteiger partial charge in [-0.15, -0.1) is 11.8 Å². The van der Waals surface area contributed by atoms with Crippen molar-refractivity contribution in [1.29, 1.82) is 0 Å². The van der Waals surface area contributed by atoms with E-state index in [1.807, 2.05) is 13.8 Å². The van der Waals surface area contributed by atoms with Gasteiger partial charge in [0, 0.05) is 46.5 Å². The molecule has 0 saturated carbocycles. The van der Waals surface area contributed by atoms with Gasteiger partial charge < -0.3 is 19.8 Å². The topological polar surface area (TPSA) is 128 Å². The van der Waals surface area contributed by atoms with Gasteiger partial charge in [-0.3, -0.25) is 0 Å². The van der Waals surface area contributed by atoms with Crippen LogP contribution in [0.3, 0.4) is 0 Å². The lowest BCUT2D eigenvalue weighted by Gasteiger charge is -2.34. The summed E-state index contributed by atoms with van der Waals surface area (Å²) in [5.41, 5.74) is 0.921. The van der Waals surface area contributed by atoms with E-state index in [0.717, 1.165) is 31.9 Å². The van der Waals surface area contributed by atoms with Gasteiger partial charge >= 0.3 is 0 Å². The van der Waals surface area contributed by atoms with Crippen LogP contribution in [0.15, 0.2) is 55.6 Å². The van der Waals surface area contributed by atoms with Crippen LogP contribution in [0, 0.1) is 0 Å². The average Bonchev–Trinajstić information content (AvgIpc) is 2.77. The molecule has 3 N–H and O–H groups in total. The number of nitrogens with one attached hydrogen (secondary N) is 2. The Labute approximate surface area is 212 Å². The first-order valence-corrected chi connectivity index (χ1v) is 14.9. The van der Waals surface area contributed by atoms with Crippen LogP contribution in [-0.2, 0) is 20.0 Å². The Morgan fingerprint density at radius 3 is 2.24 bits per heavy atom. The van der Waals surface area contributed by atoms with Crippen LogP contribution in [0.2, 0.25) is 0 Å². The van der Waals surface area contributed by atoms with Crippen molar-refractivity contribution in [3.05, 3.63) is 40.9 Å². The zero-order chi connectivity index (χ0) is 25.1. The smallest absolute Gasteiger partial charge is 0.272 e. The molecule has 3 rings (SSSR count). The highest BCUT2D eigenvalue weighted by molar-refractivity contribution is 9.10. The zero-order valence-corrected chi connectivity index (χ0v) is 22.9. The second-order valence-corrected chi connectivity index (χ2v) is 13.7.